The Labute approximate surface area is 130 Å². The standard InChI is InChI=1S/C18H35NO2/c1-17(2,3)14-9-7-13(8-10-14)16(21)19-15(11-12-20)18(4,5)6/h13-15,20H,7-12H2,1-6H3,(H,19,21). The van der Waals surface area contributed by atoms with Crippen molar-refractivity contribution in [2.45, 2.75) is 79.7 Å². The van der Waals surface area contributed by atoms with Crippen molar-refractivity contribution in [3.05, 3.63) is 0 Å². The highest BCUT2D eigenvalue weighted by atomic mass is 16.3. The number of rotatable bonds is 4. The normalized spacial score (nSPS) is 25.5. The van der Waals surface area contributed by atoms with E-state index in [1.165, 1.54) is 0 Å². The first-order valence-electron chi connectivity index (χ1n) is 8.47. The van der Waals surface area contributed by atoms with Crippen LogP contribution in [0.4, 0.5) is 0 Å². The minimum atomic E-state index is -0.0129. The van der Waals surface area contributed by atoms with Crippen LogP contribution >= 0.6 is 0 Å². The molecule has 0 aromatic rings. The molecule has 1 atom stereocenters. The summed E-state index contributed by atoms with van der Waals surface area (Å²) in [6.07, 6.45) is 4.95. The van der Waals surface area contributed by atoms with Crippen molar-refractivity contribution in [2.75, 3.05) is 6.61 Å². The molecule has 0 spiro atoms. The third-order valence-electron chi connectivity index (χ3n) is 5.10. The highest BCUT2D eigenvalue weighted by Gasteiger charge is 2.34. The van der Waals surface area contributed by atoms with Crippen molar-refractivity contribution in [1.82, 2.24) is 5.32 Å². The van der Waals surface area contributed by atoms with Gasteiger partial charge in [-0.2, -0.15) is 0 Å². The van der Waals surface area contributed by atoms with Crippen LogP contribution in [0.15, 0.2) is 0 Å². The molecule has 1 unspecified atom stereocenters. The molecule has 0 bridgehead atoms. The van der Waals surface area contributed by atoms with Crippen LogP contribution < -0.4 is 5.32 Å². The zero-order chi connectivity index (χ0) is 16.3. The molecule has 124 valence electrons. The number of aliphatic hydroxyl groups excluding tert-OH is 1. The summed E-state index contributed by atoms with van der Waals surface area (Å²) in [4.78, 5) is 12.5. The highest BCUT2D eigenvalue weighted by Crippen LogP contribution is 2.40. The zero-order valence-electron chi connectivity index (χ0n) is 14.8. The topological polar surface area (TPSA) is 49.3 Å². The number of carbonyl (C=O) groups is 1. The second-order valence-electron chi connectivity index (χ2n) is 8.85. The molecule has 0 aromatic carbocycles. The first-order valence-corrected chi connectivity index (χ1v) is 8.47. The lowest BCUT2D eigenvalue weighted by atomic mass is 9.69. The van der Waals surface area contributed by atoms with E-state index in [-0.39, 0.29) is 29.9 Å². The second kappa shape index (κ2) is 7.13. The molecule has 3 heteroatoms. The summed E-state index contributed by atoms with van der Waals surface area (Å²) in [6.45, 7) is 13.4. The summed E-state index contributed by atoms with van der Waals surface area (Å²) < 4.78 is 0. The van der Waals surface area contributed by atoms with E-state index < -0.39 is 0 Å². The van der Waals surface area contributed by atoms with Crippen LogP contribution in [0.25, 0.3) is 0 Å². The van der Waals surface area contributed by atoms with Gasteiger partial charge in [0, 0.05) is 18.6 Å². The van der Waals surface area contributed by atoms with Gasteiger partial charge in [0.15, 0.2) is 0 Å². The van der Waals surface area contributed by atoms with Gasteiger partial charge in [-0.3, -0.25) is 4.79 Å². The predicted molar refractivity (Wildman–Crippen MR) is 88.0 cm³/mol. The van der Waals surface area contributed by atoms with Gasteiger partial charge in [0.25, 0.3) is 0 Å². The lowest BCUT2D eigenvalue weighted by molar-refractivity contribution is -0.128. The maximum Gasteiger partial charge on any atom is 0.223 e. The second-order valence-corrected chi connectivity index (χ2v) is 8.85. The minimum absolute atomic E-state index is 0.0129. The molecule has 1 saturated carbocycles. The third kappa shape index (κ3) is 5.61. The molecule has 1 aliphatic carbocycles. The van der Waals surface area contributed by atoms with Crippen LogP contribution in [-0.2, 0) is 4.79 Å². The number of nitrogens with one attached hydrogen (secondary N) is 1. The predicted octanol–water partition coefficient (Wildman–Crippen LogP) is 3.75. The molecular formula is C18H35NO2. The summed E-state index contributed by atoms with van der Waals surface area (Å²) in [6, 6.07) is 0.0512. The van der Waals surface area contributed by atoms with Gasteiger partial charge in [0.1, 0.15) is 0 Å². The van der Waals surface area contributed by atoms with Gasteiger partial charge in [-0.15, -0.1) is 0 Å². The fraction of sp³-hybridized carbons (Fsp3) is 0.944. The van der Waals surface area contributed by atoms with Crippen LogP contribution in [0.2, 0.25) is 0 Å². The van der Waals surface area contributed by atoms with Gasteiger partial charge >= 0.3 is 0 Å². The molecule has 0 aliphatic heterocycles. The van der Waals surface area contributed by atoms with Gasteiger partial charge in [-0.25, -0.2) is 0 Å². The van der Waals surface area contributed by atoms with Gasteiger partial charge in [0.2, 0.25) is 5.91 Å². The van der Waals surface area contributed by atoms with Gasteiger partial charge in [-0.1, -0.05) is 41.5 Å². The Bertz CT molecular complexity index is 330. The molecule has 0 saturated heterocycles. The van der Waals surface area contributed by atoms with E-state index in [2.05, 4.69) is 46.9 Å². The number of hydrogen-bond acceptors (Lipinski definition) is 2. The van der Waals surface area contributed by atoms with Gasteiger partial charge < -0.3 is 10.4 Å². The first kappa shape index (κ1) is 18.5. The van der Waals surface area contributed by atoms with Crippen molar-refractivity contribution < 1.29 is 9.90 Å². The Morgan fingerprint density at radius 3 is 2.00 bits per heavy atom. The molecule has 0 heterocycles. The average molecular weight is 297 g/mol. The zero-order valence-corrected chi connectivity index (χ0v) is 14.8. The smallest absolute Gasteiger partial charge is 0.223 e. The molecule has 0 aromatic heterocycles. The first-order chi connectivity index (χ1) is 9.55. The summed E-state index contributed by atoms with van der Waals surface area (Å²) in [7, 11) is 0. The summed E-state index contributed by atoms with van der Waals surface area (Å²) >= 11 is 0. The van der Waals surface area contributed by atoms with E-state index in [1.54, 1.807) is 0 Å². The van der Waals surface area contributed by atoms with Crippen molar-refractivity contribution in [3.63, 3.8) is 0 Å². The number of aliphatic hydroxyl groups is 1. The molecule has 0 radical (unpaired) electrons. The Kier molecular flexibility index (Phi) is 6.27. The van der Waals surface area contributed by atoms with Crippen molar-refractivity contribution >= 4 is 5.91 Å². The Hall–Kier alpha value is -0.570. The minimum Gasteiger partial charge on any atom is -0.396 e. The molecule has 1 amide bonds. The summed E-state index contributed by atoms with van der Waals surface area (Å²) in [5, 5.41) is 12.4. The monoisotopic (exact) mass is 297 g/mol. The number of hydrogen-bond donors (Lipinski definition) is 2. The maximum atomic E-state index is 12.5. The quantitative estimate of drug-likeness (QED) is 0.830. The SMILES string of the molecule is CC(C)(C)C1CCC(C(=O)NC(CCO)C(C)(C)C)CC1. The fourth-order valence-electron chi connectivity index (χ4n) is 3.36. The average Bonchev–Trinajstić information content (AvgIpc) is 2.36. The highest BCUT2D eigenvalue weighted by molar-refractivity contribution is 5.79. The Balaban J connectivity index is 2.54. The lowest BCUT2D eigenvalue weighted by Gasteiger charge is -2.38. The van der Waals surface area contributed by atoms with E-state index in [4.69, 9.17) is 0 Å². The Morgan fingerprint density at radius 2 is 1.62 bits per heavy atom. The van der Waals surface area contributed by atoms with E-state index in [0.29, 0.717) is 11.8 Å². The van der Waals surface area contributed by atoms with E-state index in [1.807, 2.05) is 0 Å². The molecule has 2 N–H and O–H groups in total. The molecule has 3 nitrogen and oxygen atoms in total. The van der Waals surface area contributed by atoms with E-state index >= 15 is 0 Å². The molecule has 1 aliphatic rings. The molecular weight excluding hydrogens is 262 g/mol. The van der Waals surface area contributed by atoms with Gasteiger partial charge in [-0.05, 0) is 48.9 Å². The van der Waals surface area contributed by atoms with Crippen molar-refractivity contribution in [1.29, 1.82) is 0 Å². The van der Waals surface area contributed by atoms with Crippen LogP contribution in [0.5, 0.6) is 0 Å². The number of amides is 1. The van der Waals surface area contributed by atoms with Gasteiger partial charge in [0.05, 0.1) is 0 Å². The Morgan fingerprint density at radius 1 is 1.10 bits per heavy atom. The summed E-state index contributed by atoms with van der Waals surface area (Å²) in [5.74, 6) is 1.08. The molecule has 1 fully saturated rings. The molecule has 21 heavy (non-hydrogen) atoms. The largest absolute Gasteiger partial charge is 0.396 e. The van der Waals surface area contributed by atoms with E-state index in [0.717, 1.165) is 31.6 Å². The molecule has 1 rings (SSSR count). The number of carbonyl (C=O) groups excluding carboxylic acids is 1. The van der Waals surface area contributed by atoms with Crippen LogP contribution in [0.1, 0.15) is 73.6 Å². The third-order valence-corrected chi connectivity index (χ3v) is 5.10. The van der Waals surface area contributed by atoms with Crippen molar-refractivity contribution in [2.24, 2.45) is 22.7 Å². The fourth-order valence-corrected chi connectivity index (χ4v) is 3.36. The van der Waals surface area contributed by atoms with Crippen LogP contribution in [-0.4, -0.2) is 23.7 Å². The van der Waals surface area contributed by atoms with Crippen LogP contribution in [0, 0.1) is 22.7 Å². The van der Waals surface area contributed by atoms with Crippen LogP contribution in [0.3, 0.4) is 0 Å². The van der Waals surface area contributed by atoms with Crippen molar-refractivity contribution in [3.8, 4) is 0 Å². The maximum absolute atomic E-state index is 12.5. The summed E-state index contributed by atoms with van der Waals surface area (Å²) in [5.41, 5.74) is 0.341. The van der Waals surface area contributed by atoms with E-state index in [9.17, 15) is 9.90 Å². The lowest BCUT2D eigenvalue weighted by Crippen LogP contribution is -2.47.